The molecule has 0 saturated carbocycles. The predicted molar refractivity (Wildman–Crippen MR) is 41.9 cm³/mol. The summed E-state index contributed by atoms with van der Waals surface area (Å²) in [6.45, 7) is 3.57. The van der Waals surface area contributed by atoms with Gasteiger partial charge in [-0.2, -0.15) is 0 Å². The van der Waals surface area contributed by atoms with E-state index in [1.165, 1.54) is 0 Å². The Bertz CT molecular complexity index is 61.3. The molecule has 0 aromatic rings. The Labute approximate surface area is 78.8 Å². The normalized spacial score (nSPS) is 7.56. The minimum atomic E-state index is 0. The van der Waals surface area contributed by atoms with Crippen molar-refractivity contribution in [1.82, 2.24) is 0 Å². The van der Waals surface area contributed by atoms with Crippen molar-refractivity contribution in [2.75, 3.05) is 0 Å². The van der Waals surface area contributed by atoms with Crippen molar-refractivity contribution in [2.45, 2.75) is 25.7 Å². The van der Waals surface area contributed by atoms with E-state index in [0.717, 1.165) is 25.5 Å². The third-order valence-electron chi connectivity index (χ3n) is 0.980. The summed E-state index contributed by atoms with van der Waals surface area (Å²) in [5, 5.41) is 0. The van der Waals surface area contributed by atoms with E-state index in [4.69, 9.17) is 0 Å². The van der Waals surface area contributed by atoms with Crippen molar-refractivity contribution in [3.63, 3.8) is 0 Å². The number of hydrogen-bond donors (Lipinski definition) is 0. The second-order valence-electron chi connectivity index (χ2n) is 1.74. The average Bonchev–Trinajstić information content (AvgIpc) is 1.81. The van der Waals surface area contributed by atoms with Gasteiger partial charge in [0.15, 0.2) is 0 Å². The Kier molecular flexibility index (Phi) is 15.1. The zero-order valence-corrected chi connectivity index (χ0v) is 5.10. The van der Waals surface area contributed by atoms with Crippen molar-refractivity contribution in [3.8, 4) is 0 Å². The third kappa shape index (κ3) is 11.8. The average molecular weight is 136 g/mol. The van der Waals surface area contributed by atoms with Crippen LogP contribution in [0.3, 0.4) is 0 Å². The summed E-state index contributed by atoms with van der Waals surface area (Å²) in [6.07, 6.45) is 6.69. The first-order chi connectivity index (χ1) is 3.91. The van der Waals surface area contributed by atoms with Gasteiger partial charge in [-0.1, -0.05) is 6.08 Å². The van der Waals surface area contributed by atoms with Crippen LogP contribution in [0.5, 0.6) is 0 Å². The zero-order valence-electron chi connectivity index (χ0n) is 5.10. The van der Waals surface area contributed by atoms with Gasteiger partial charge in [-0.15, -0.1) is 6.58 Å². The van der Waals surface area contributed by atoms with Gasteiger partial charge in [-0.25, -0.2) is 0 Å². The van der Waals surface area contributed by atoms with Crippen molar-refractivity contribution < 1.29 is 4.79 Å². The Morgan fingerprint density at radius 2 is 1.78 bits per heavy atom. The SMILES string of the molecule is C=CCCCCC=O.[NaH]. The first-order valence-corrected chi connectivity index (χ1v) is 2.96. The molecule has 0 radical (unpaired) electrons. The second kappa shape index (κ2) is 11.2. The van der Waals surface area contributed by atoms with Crippen LogP contribution in [0.4, 0.5) is 0 Å². The molecule has 0 N–H and O–H groups in total. The number of carbonyl (C=O) groups is 1. The number of allylic oxidation sites excluding steroid dienone is 1. The van der Waals surface area contributed by atoms with Crippen LogP contribution in [0, 0.1) is 0 Å². The molecular weight excluding hydrogens is 123 g/mol. The summed E-state index contributed by atoms with van der Waals surface area (Å²) in [7, 11) is 0. The van der Waals surface area contributed by atoms with E-state index in [2.05, 4.69) is 6.58 Å². The number of carbonyl (C=O) groups excluding carboxylic acids is 1. The van der Waals surface area contributed by atoms with E-state index in [0.29, 0.717) is 6.42 Å². The summed E-state index contributed by atoms with van der Waals surface area (Å²) >= 11 is 0. The van der Waals surface area contributed by atoms with Crippen LogP contribution in [0.2, 0.25) is 0 Å². The Morgan fingerprint density at radius 1 is 1.22 bits per heavy atom. The molecule has 0 aliphatic rings. The summed E-state index contributed by atoms with van der Waals surface area (Å²) in [5.74, 6) is 0. The molecule has 0 fully saturated rings. The number of hydrogen-bond acceptors (Lipinski definition) is 1. The van der Waals surface area contributed by atoms with Crippen molar-refractivity contribution in [2.24, 2.45) is 0 Å². The minimum absolute atomic E-state index is 0. The Hall–Kier alpha value is 0.410. The topological polar surface area (TPSA) is 17.1 Å². The first kappa shape index (κ1) is 12.1. The fourth-order valence-electron chi connectivity index (χ4n) is 0.516. The van der Waals surface area contributed by atoms with Gasteiger partial charge in [0.05, 0.1) is 0 Å². The summed E-state index contributed by atoms with van der Waals surface area (Å²) in [4.78, 5) is 9.74. The molecule has 2 heteroatoms. The van der Waals surface area contributed by atoms with Crippen LogP contribution >= 0.6 is 0 Å². The van der Waals surface area contributed by atoms with Gasteiger partial charge in [-0.3, -0.25) is 0 Å². The molecule has 0 saturated heterocycles. The fraction of sp³-hybridized carbons (Fsp3) is 0.571. The van der Waals surface area contributed by atoms with Gasteiger partial charge in [0.1, 0.15) is 6.29 Å². The molecule has 48 valence electrons. The second-order valence-corrected chi connectivity index (χ2v) is 1.74. The van der Waals surface area contributed by atoms with Gasteiger partial charge >= 0.3 is 29.6 Å². The van der Waals surface area contributed by atoms with E-state index >= 15 is 0 Å². The summed E-state index contributed by atoms with van der Waals surface area (Å²) < 4.78 is 0. The van der Waals surface area contributed by atoms with Gasteiger partial charge in [0.25, 0.3) is 0 Å². The molecule has 0 spiro atoms. The molecule has 1 nitrogen and oxygen atoms in total. The van der Waals surface area contributed by atoms with Crippen molar-refractivity contribution >= 4 is 35.8 Å². The molecule has 0 unspecified atom stereocenters. The van der Waals surface area contributed by atoms with Gasteiger partial charge < -0.3 is 4.79 Å². The molecule has 0 aromatic heterocycles. The van der Waals surface area contributed by atoms with E-state index in [9.17, 15) is 4.79 Å². The molecule has 0 heterocycles. The van der Waals surface area contributed by atoms with Crippen LogP contribution < -0.4 is 0 Å². The summed E-state index contributed by atoms with van der Waals surface area (Å²) in [6, 6.07) is 0. The van der Waals surface area contributed by atoms with E-state index in [1.54, 1.807) is 0 Å². The van der Waals surface area contributed by atoms with Crippen molar-refractivity contribution in [1.29, 1.82) is 0 Å². The van der Waals surface area contributed by atoms with Crippen molar-refractivity contribution in [3.05, 3.63) is 12.7 Å². The van der Waals surface area contributed by atoms with Crippen LogP contribution in [0.1, 0.15) is 25.7 Å². The van der Waals surface area contributed by atoms with Crippen LogP contribution in [0.25, 0.3) is 0 Å². The van der Waals surface area contributed by atoms with E-state index < -0.39 is 0 Å². The summed E-state index contributed by atoms with van der Waals surface area (Å²) in [5.41, 5.74) is 0. The Morgan fingerprint density at radius 3 is 2.22 bits per heavy atom. The van der Waals surface area contributed by atoms with Crippen LogP contribution in [-0.2, 0) is 4.79 Å². The number of aldehydes is 1. The Balaban J connectivity index is 0. The fourth-order valence-corrected chi connectivity index (χ4v) is 0.516. The van der Waals surface area contributed by atoms with Gasteiger partial charge in [0, 0.05) is 6.42 Å². The molecule has 0 aromatic carbocycles. The van der Waals surface area contributed by atoms with Gasteiger partial charge in [0.2, 0.25) is 0 Å². The number of unbranched alkanes of at least 4 members (excludes halogenated alkanes) is 3. The zero-order chi connectivity index (χ0) is 6.24. The molecule has 0 aliphatic heterocycles. The van der Waals surface area contributed by atoms with E-state index in [1.807, 2.05) is 6.08 Å². The standard InChI is InChI=1S/C7H12O.Na.H/c1-2-3-4-5-6-7-8;;/h2,7H,1,3-6H2;;. The van der Waals surface area contributed by atoms with Gasteiger partial charge in [-0.05, 0) is 19.3 Å². The first-order valence-electron chi connectivity index (χ1n) is 2.96. The molecule has 0 atom stereocenters. The van der Waals surface area contributed by atoms with E-state index in [-0.39, 0.29) is 29.6 Å². The molecule has 0 amide bonds. The van der Waals surface area contributed by atoms with Crippen LogP contribution in [-0.4, -0.2) is 35.8 Å². The predicted octanol–water partition coefficient (Wildman–Crippen LogP) is 1.28. The van der Waals surface area contributed by atoms with Crippen LogP contribution in [0.15, 0.2) is 12.7 Å². The molecule has 9 heavy (non-hydrogen) atoms. The molecular formula is C7H13NaO. The maximum atomic E-state index is 9.74. The quantitative estimate of drug-likeness (QED) is 0.241. The monoisotopic (exact) mass is 136 g/mol. The number of rotatable bonds is 5. The molecule has 0 aliphatic carbocycles. The third-order valence-corrected chi connectivity index (χ3v) is 0.980. The maximum absolute atomic E-state index is 9.74. The molecule has 0 rings (SSSR count). The molecule has 0 bridgehead atoms.